The quantitative estimate of drug-likeness (QED) is 0.538. The lowest BCUT2D eigenvalue weighted by molar-refractivity contribution is -0.140. The van der Waals surface area contributed by atoms with Crippen LogP contribution in [0.25, 0.3) is 22.2 Å². The number of rotatable bonds is 4. The first kappa shape index (κ1) is 16.0. The smallest absolute Gasteiger partial charge is 0.307 e. The highest BCUT2D eigenvalue weighted by atomic mass is 35.5. The van der Waals surface area contributed by atoms with Crippen LogP contribution >= 0.6 is 11.6 Å². The van der Waals surface area contributed by atoms with Crippen LogP contribution in [0.15, 0.2) is 36.7 Å². The molecule has 0 spiro atoms. The molecule has 2 heterocycles. The minimum Gasteiger partial charge on any atom is -0.469 e. The van der Waals surface area contributed by atoms with Gasteiger partial charge in [-0.25, -0.2) is 9.97 Å². The molecule has 120 valence electrons. The van der Waals surface area contributed by atoms with Gasteiger partial charge in [0.15, 0.2) is 0 Å². The molecule has 1 aromatic carbocycles. The van der Waals surface area contributed by atoms with Gasteiger partial charge in [0, 0.05) is 29.2 Å². The Hall–Kier alpha value is -2.91. The fourth-order valence-electron chi connectivity index (χ4n) is 2.58. The Morgan fingerprint density at radius 1 is 1.42 bits per heavy atom. The number of esters is 1. The standard InChI is InChI=1S/C17H13ClN4O2/c1-24-15(23)6-7-22-10-13(12-4-2-3-5-14(12)22)16-11(8-19)9-20-17(18)21-16/h2-5,9-10H,6-7H2,1H3. The molecule has 0 saturated heterocycles. The Kier molecular flexibility index (Phi) is 4.45. The van der Waals surface area contributed by atoms with Crippen molar-refractivity contribution in [1.29, 1.82) is 5.26 Å². The second-order valence-electron chi connectivity index (χ2n) is 5.09. The summed E-state index contributed by atoms with van der Waals surface area (Å²) in [4.78, 5) is 19.5. The third-order valence-electron chi connectivity index (χ3n) is 3.71. The highest BCUT2D eigenvalue weighted by molar-refractivity contribution is 6.28. The molecule has 3 aromatic rings. The van der Waals surface area contributed by atoms with Crippen LogP contribution in [0.3, 0.4) is 0 Å². The largest absolute Gasteiger partial charge is 0.469 e. The van der Waals surface area contributed by atoms with Gasteiger partial charge in [-0.3, -0.25) is 4.79 Å². The van der Waals surface area contributed by atoms with Crippen molar-refractivity contribution in [3.63, 3.8) is 0 Å². The van der Waals surface area contributed by atoms with Crippen LogP contribution in [0.2, 0.25) is 5.28 Å². The second kappa shape index (κ2) is 6.69. The summed E-state index contributed by atoms with van der Waals surface area (Å²) in [7, 11) is 1.36. The summed E-state index contributed by atoms with van der Waals surface area (Å²) in [6.07, 6.45) is 3.53. The Balaban J connectivity index is 2.14. The molecule has 3 rings (SSSR count). The van der Waals surface area contributed by atoms with Crippen molar-refractivity contribution >= 4 is 28.5 Å². The predicted octanol–water partition coefficient (Wildman–Crippen LogP) is 3.19. The molecule has 0 atom stereocenters. The maximum atomic E-state index is 11.4. The van der Waals surface area contributed by atoms with Crippen molar-refractivity contribution in [3.05, 3.63) is 47.5 Å². The van der Waals surface area contributed by atoms with Gasteiger partial charge in [-0.05, 0) is 17.7 Å². The molecule has 0 aliphatic rings. The summed E-state index contributed by atoms with van der Waals surface area (Å²) in [5.74, 6) is -0.280. The number of ether oxygens (including phenoxy) is 1. The van der Waals surface area contributed by atoms with Crippen molar-refractivity contribution in [2.45, 2.75) is 13.0 Å². The summed E-state index contributed by atoms with van der Waals surface area (Å²) in [6.45, 7) is 0.466. The number of hydrogen-bond acceptors (Lipinski definition) is 5. The zero-order valence-corrected chi connectivity index (χ0v) is 13.6. The number of methoxy groups -OCH3 is 1. The third kappa shape index (κ3) is 2.94. The van der Waals surface area contributed by atoms with E-state index in [1.54, 1.807) is 0 Å². The first-order valence-electron chi connectivity index (χ1n) is 7.21. The van der Waals surface area contributed by atoms with Gasteiger partial charge in [0.25, 0.3) is 0 Å². The molecule has 0 aliphatic carbocycles. The minimum atomic E-state index is -0.280. The van der Waals surface area contributed by atoms with E-state index in [1.807, 2.05) is 35.0 Å². The highest BCUT2D eigenvalue weighted by Crippen LogP contribution is 2.31. The van der Waals surface area contributed by atoms with Crippen LogP contribution in [-0.4, -0.2) is 27.6 Å². The van der Waals surface area contributed by atoms with Crippen LogP contribution in [0.5, 0.6) is 0 Å². The van der Waals surface area contributed by atoms with Gasteiger partial charge in [-0.2, -0.15) is 5.26 Å². The van der Waals surface area contributed by atoms with Crippen LogP contribution in [0.1, 0.15) is 12.0 Å². The lowest BCUT2D eigenvalue weighted by atomic mass is 10.1. The Morgan fingerprint density at radius 3 is 2.96 bits per heavy atom. The molecule has 24 heavy (non-hydrogen) atoms. The fourth-order valence-corrected chi connectivity index (χ4v) is 2.72. The normalized spacial score (nSPS) is 10.5. The zero-order chi connectivity index (χ0) is 17.1. The van der Waals surface area contributed by atoms with Crippen molar-refractivity contribution in [1.82, 2.24) is 14.5 Å². The molecule has 0 aliphatic heterocycles. The van der Waals surface area contributed by atoms with E-state index in [-0.39, 0.29) is 17.7 Å². The summed E-state index contributed by atoms with van der Waals surface area (Å²) in [6, 6.07) is 9.80. The Labute approximate surface area is 143 Å². The van der Waals surface area contributed by atoms with E-state index in [0.29, 0.717) is 17.8 Å². The number of halogens is 1. The number of hydrogen-bond donors (Lipinski definition) is 0. The monoisotopic (exact) mass is 340 g/mol. The molecule has 2 aromatic heterocycles. The Bertz CT molecular complexity index is 959. The van der Waals surface area contributed by atoms with Gasteiger partial charge in [0.2, 0.25) is 5.28 Å². The van der Waals surface area contributed by atoms with E-state index >= 15 is 0 Å². The number of carbonyl (C=O) groups excluding carboxylic acids is 1. The maximum Gasteiger partial charge on any atom is 0.307 e. The summed E-state index contributed by atoms with van der Waals surface area (Å²) < 4.78 is 6.64. The summed E-state index contributed by atoms with van der Waals surface area (Å²) in [5, 5.41) is 10.3. The molecular formula is C17H13ClN4O2. The van der Waals surface area contributed by atoms with E-state index in [1.165, 1.54) is 13.3 Å². The first-order valence-corrected chi connectivity index (χ1v) is 7.59. The molecule has 0 amide bonds. The predicted molar refractivity (Wildman–Crippen MR) is 89.3 cm³/mol. The number of para-hydroxylation sites is 1. The molecule has 7 heteroatoms. The molecular weight excluding hydrogens is 328 g/mol. The minimum absolute atomic E-state index is 0.0791. The van der Waals surface area contributed by atoms with Crippen molar-refractivity contribution in [2.24, 2.45) is 0 Å². The molecule has 0 fully saturated rings. The zero-order valence-electron chi connectivity index (χ0n) is 12.9. The maximum absolute atomic E-state index is 11.4. The van der Waals surface area contributed by atoms with Crippen molar-refractivity contribution in [3.8, 4) is 17.3 Å². The second-order valence-corrected chi connectivity index (χ2v) is 5.43. The summed E-state index contributed by atoms with van der Waals surface area (Å²) >= 11 is 5.90. The third-order valence-corrected chi connectivity index (χ3v) is 3.89. The molecule has 0 N–H and O–H groups in total. The van der Waals surface area contributed by atoms with Gasteiger partial charge in [-0.1, -0.05) is 18.2 Å². The van der Waals surface area contributed by atoms with Gasteiger partial charge in [-0.15, -0.1) is 0 Å². The first-order chi connectivity index (χ1) is 11.6. The van der Waals surface area contributed by atoms with E-state index in [4.69, 9.17) is 16.3 Å². The number of nitriles is 1. The van der Waals surface area contributed by atoms with Crippen LogP contribution in [-0.2, 0) is 16.1 Å². The van der Waals surface area contributed by atoms with Crippen molar-refractivity contribution < 1.29 is 9.53 Å². The van der Waals surface area contributed by atoms with Crippen LogP contribution < -0.4 is 0 Å². The average molecular weight is 341 g/mol. The van der Waals surface area contributed by atoms with Gasteiger partial charge < -0.3 is 9.30 Å². The molecule has 0 bridgehead atoms. The number of benzene rings is 1. The molecule has 0 radical (unpaired) electrons. The highest BCUT2D eigenvalue weighted by Gasteiger charge is 2.16. The lowest BCUT2D eigenvalue weighted by Gasteiger charge is -2.03. The van der Waals surface area contributed by atoms with Crippen LogP contribution in [0, 0.1) is 11.3 Å². The number of aryl methyl sites for hydroxylation is 1. The van der Waals surface area contributed by atoms with E-state index < -0.39 is 0 Å². The molecule has 6 nitrogen and oxygen atoms in total. The van der Waals surface area contributed by atoms with Gasteiger partial charge in [0.05, 0.1) is 31.0 Å². The summed E-state index contributed by atoms with van der Waals surface area (Å²) in [5.41, 5.74) is 2.53. The Morgan fingerprint density at radius 2 is 2.21 bits per heavy atom. The van der Waals surface area contributed by atoms with Crippen LogP contribution in [0.4, 0.5) is 0 Å². The van der Waals surface area contributed by atoms with E-state index in [2.05, 4.69) is 16.0 Å². The topological polar surface area (TPSA) is 80.8 Å². The SMILES string of the molecule is COC(=O)CCn1cc(-c2nc(Cl)ncc2C#N)c2ccccc21. The number of carbonyl (C=O) groups is 1. The van der Waals surface area contributed by atoms with Crippen molar-refractivity contribution in [2.75, 3.05) is 7.11 Å². The average Bonchev–Trinajstić information content (AvgIpc) is 2.98. The molecule has 0 unspecified atom stereocenters. The number of aromatic nitrogens is 3. The van der Waals surface area contributed by atoms with E-state index in [9.17, 15) is 10.1 Å². The van der Waals surface area contributed by atoms with Gasteiger partial charge in [0.1, 0.15) is 6.07 Å². The lowest BCUT2D eigenvalue weighted by Crippen LogP contribution is -2.06. The molecule has 0 saturated carbocycles. The number of nitrogens with zero attached hydrogens (tertiary/aromatic N) is 4. The fraction of sp³-hybridized carbons (Fsp3) is 0.176. The van der Waals surface area contributed by atoms with E-state index in [0.717, 1.165) is 16.5 Å². The number of fused-ring (bicyclic) bond motifs is 1. The van der Waals surface area contributed by atoms with Gasteiger partial charge >= 0.3 is 5.97 Å².